The zero-order valence-electron chi connectivity index (χ0n) is 33.2. The number of nitrogens with zero attached hydrogens (tertiary/aromatic N) is 4. The van der Waals surface area contributed by atoms with Crippen LogP contribution in [0.2, 0.25) is 0 Å². The number of rotatable bonds is 5. The van der Waals surface area contributed by atoms with Gasteiger partial charge in [0.1, 0.15) is 0 Å². The monoisotopic (exact) mass is 927 g/mol. The predicted molar refractivity (Wildman–Crippen MR) is 239 cm³/mol. The summed E-state index contributed by atoms with van der Waals surface area (Å²) >= 11 is 0. The first-order valence-corrected chi connectivity index (χ1v) is 19.7. The van der Waals surface area contributed by atoms with Crippen LogP contribution in [0.3, 0.4) is 0 Å². The molecule has 0 saturated carbocycles. The van der Waals surface area contributed by atoms with Crippen LogP contribution in [-0.4, -0.2) is 21.2 Å². The summed E-state index contributed by atoms with van der Waals surface area (Å²) in [5.74, 6) is 0.867. The van der Waals surface area contributed by atoms with Crippen molar-refractivity contribution in [3.8, 4) is 28.3 Å². The van der Waals surface area contributed by atoms with Crippen molar-refractivity contribution in [1.29, 1.82) is 0 Å². The van der Waals surface area contributed by atoms with Crippen LogP contribution in [0, 0.1) is 26.0 Å². The van der Waals surface area contributed by atoms with Gasteiger partial charge in [0.2, 0.25) is 6.71 Å². The van der Waals surface area contributed by atoms with E-state index in [-0.39, 0.29) is 33.2 Å². The summed E-state index contributed by atoms with van der Waals surface area (Å²) in [7, 11) is 0. The average Bonchev–Trinajstić information content (AvgIpc) is 3.61. The standard InChI is InChI=1S/C52H41BN4.Pt/c1-34-15-12-16-35(2)50(34)57-49-25-11-9-23-44(49)55-51(57)38-27-28-48-43(32-38)53(40-20-13-19-37(31-40)45-33-39(29-30-54-45)52(3,4)5)42-22-8-10-24-47(42)56(48)46-26-14-18-36-17-6-7-21-41(36)46;/h6-30,33H,1-5H3;/q-2;+2. The summed E-state index contributed by atoms with van der Waals surface area (Å²) in [4.78, 5) is 12.6. The first-order chi connectivity index (χ1) is 27.7. The number of para-hydroxylation sites is 4. The van der Waals surface area contributed by atoms with Crippen LogP contribution >= 0.6 is 0 Å². The van der Waals surface area contributed by atoms with Crippen molar-refractivity contribution in [2.45, 2.75) is 40.0 Å². The summed E-state index contributed by atoms with van der Waals surface area (Å²) in [6.45, 7) is 10.9. The molecule has 0 spiro atoms. The molecule has 9 aromatic rings. The van der Waals surface area contributed by atoms with E-state index in [1.807, 2.05) is 6.20 Å². The van der Waals surface area contributed by atoms with Crippen LogP contribution in [0.15, 0.2) is 158 Å². The van der Waals surface area contributed by atoms with E-state index in [9.17, 15) is 0 Å². The van der Waals surface area contributed by atoms with Crippen molar-refractivity contribution in [3.63, 3.8) is 0 Å². The minimum absolute atomic E-state index is 0. The van der Waals surface area contributed by atoms with Gasteiger partial charge in [-0.25, -0.2) is 0 Å². The Morgan fingerprint density at radius 3 is 2.17 bits per heavy atom. The van der Waals surface area contributed by atoms with Gasteiger partial charge in [-0.1, -0.05) is 112 Å². The number of anilines is 3. The molecular weight excluding hydrogens is 886 g/mol. The summed E-state index contributed by atoms with van der Waals surface area (Å²) < 4.78 is 2.33. The normalized spacial score (nSPS) is 12.4. The van der Waals surface area contributed by atoms with Crippen LogP contribution in [0.4, 0.5) is 17.1 Å². The molecule has 7 aromatic carbocycles. The Labute approximate surface area is 355 Å². The molecule has 58 heavy (non-hydrogen) atoms. The fourth-order valence-electron chi connectivity index (χ4n) is 8.70. The van der Waals surface area contributed by atoms with Crippen LogP contribution in [0.5, 0.6) is 0 Å². The molecule has 0 saturated heterocycles. The molecule has 10 rings (SSSR count). The third-order valence-electron chi connectivity index (χ3n) is 11.5. The molecule has 1 aliphatic heterocycles. The number of hydrogen-bond acceptors (Lipinski definition) is 3. The van der Waals surface area contributed by atoms with Gasteiger partial charge in [-0.2, -0.15) is 5.46 Å². The summed E-state index contributed by atoms with van der Waals surface area (Å²) in [5.41, 5.74) is 16.3. The van der Waals surface area contributed by atoms with Gasteiger partial charge in [-0.05, 0) is 88.5 Å². The molecule has 0 unspecified atom stereocenters. The molecule has 4 nitrogen and oxygen atoms in total. The molecule has 6 heteroatoms. The van der Waals surface area contributed by atoms with E-state index in [1.165, 1.54) is 32.9 Å². The van der Waals surface area contributed by atoms with Crippen LogP contribution in [0.1, 0.15) is 37.5 Å². The molecule has 0 N–H and O–H groups in total. The third-order valence-corrected chi connectivity index (χ3v) is 11.5. The van der Waals surface area contributed by atoms with E-state index in [1.54, 1.807) is 0 Å². The van der Waals surface area contributed by atoms with Gasteiger partial charge in [0, 0.05) is 28.6 Å². The van der Waals surface area contributed by atoms with Gasteiger partial charge < -0.3 is 14.5 Å². The van der Waals surface area contributed by atoms with Crippen molar-refractivity contribution < 1.29 is 21.1 Å². The largest absolute Gasteiger partial charge is 2.00 e. The van der Waals surface area contributed by atoms with Gasteiger partial charge in [-0.15, -0.1) is 59.1 Å². The first-order valence-electron chi connectivity index (χ1n) is 19.7. The van der Waals surface area contributed by atoms with E-state index in [0.29, 0.717) is 0 Å². The van der Waals surface area contributed by atoms with Crippen molar-refractivity contribution in [1.82, 2.24) is 14.5 Å². The van der Waals surface area contributed by atoms with Gasteiger partial charge in [-0.3, -0.25) is 4.98 Å². The molecule has 0 bridgehead atoms. The van der Waals surface area contributed by atoms with Crippen molar-refractivity contribution in [2.75, 3.05) is 4.90 Å². The number of aryl methyl sites for hydroxylation is 2. The number of imidazole rings is 1. The summed E-state index contributed by atoms with van der Waals surface area (Å²) in [5, 5.41) is 2.39. The third kappa shape index (κ3) is 6.30. The molecule has 0 fully saturated rings. The Morgan fingerprint density at radius 1 is 0.621 bits per heavy atom. The van der Waals surface area contributed by atoms with Crippen molar-refractivity contribution >= 4 is 62.0 Å². The second kappa shape index (κ2) is 14.7. The van der Waals surface area contributed by atoms with E-state index < -0.39 is 0 Å². The maximum Gasteiger partial charge on any atom is 2.00 e. The van der Waals surface area contributed by atoms with Crippen LogP contribution < -0.4 is 21.3 Å². The van der Waals surface area contributed by atoms with E-state index in [2.05, 4.69) is 208 Å². The quantitative estimate of drug-likeness (QED) is 0.127. The van der Waals surface area contributed by atoms with Crippen LogP contribution in [-0.2, 0) is 26.5 Å². The molecule has 3 heterocycles. The average molecular weight is 928 g/mol. The first kappa shape index (κ1) is 37.5. The predicted octanol–water partition coefficient (Wildman–Crippen LogP) is 10.7. The van der Waals surface area contributed by atoms with E-state index in [4.69, 9.17) is 9.97 Å². The Hall–Kier alpha value is -6.03. The Morgan fingerprint density at radius 2 is 1.33 bits per heavy atom. The number of fused-ring (bicyclic) bond motifs is 4. The second-order valence-electron chi connectivity index (χ2n) is 16.2. The minimum Gasteiger partial charge on any atom is -0.352 e. The molecular formula is C52H41BN4Pt. The maximum absolute atomic E-state index is 5.33. The fraction of sp³-hybridized carbons (Fsp3) is 0.115. The smallest absolute Gasteiger partial charge is 0.352 e. The van der Waals surface area contributed by atoms with Gasteiger partial charge in [0.15, 0.2) is 0 Å². The zero-order chi connectivity index (χ0) is 38.8. The van der Waals surface area contributed by atoms with Gasteiger partial charge in [0.05, 0.1) is 16.9 Å². The molecule has 0 radical (unpaired) electrons. The maximum atomic E-state index is 5.33. The number of pyridine rings is 1. The SMILES string of the molecule is Cc1cccc(C)c1-n1c(-c2[c-]c3c(cc2)N(c2cccc4ccccc24)c2ccccc2B3c2[c-]c(-c3cc(C(C)(C)C)ccn3)ccc2)nc2ccccc21.[Pt+2]. The fourth-order valence-corrected chi connectivity index (χ4v) is 8.70. The number of aromatic nitrogens is 3. The number of hydrogen-bond donors (Lipinski definition) is 0. The Bertz CT molecular complexity index is 2990. The molecule has 282 valence electrons. The Balaban J connectivity index is 0.00000436. The summed E-state index contributed by atoms with van der Waals surface area (Å²) in [6.07, 6.45) is 1.92. The van der Waals surface area contributed by atoms with E-state index in [0.717, 1.165) is 67.4 Å². The minimum atomic E-state index is -0.161. The number of benzene rings is 7. The van der Waals surface area contributed by atoms with Crippen molar-refractivity contribution in [2.24, 2.45) is 0 Å². The molecule has 2 aromatic heterocycles. The van der Waals surface area contributed by atoms with Gasteiger partial charge >= 0.3 is 21.1 Å². The van der Waals surface area contributed by atoms with Crippen molar-refractivity contribution in [3.05, 3.63) is 187 Å². The summed E-state index contributed by atoms with van der Waals surface area (Å²) in [6, 6.07) is 62.2. The zero-order valence-corrected chi connectivity index (χ0v) is 35.5. The van der Waals surface area contributed by atoms with Gasteiger partial charge in [0.25, 0.3) is 0 Å². The molecule has 1 aliphatic rings. The molecule has 0 atom stereocenters. The molecule has 0 aliphatic carbocycles. The topological polar surface area (TPSA) is 34.0 Å². The van der Waals surface area contributed by atoms with Crippen LogP contribution in [0.25, 0.3) is 50.1 Å². The Kier molecular flexibility index (Phi) is 9.53. The van der Waals surface area contributed by atoms with E-state index >= 15 is 0 Å². The molecule has 0 amide bonds. The second-order valence-corrected chi connectivity index (χ2v) is 16.2.